The molecule has 0 unspecified atom stereocenters. The molecule has 2 aromatic rings. The Labute approximate surface area is 177 Å². The summed E-state index contributed by atoms with van der Waals surface area (Å²) < 4.78 is 27.9. The number of nitrogens with one attached hydrogen (secondary N) is 1. The second kappa shape index (κ2) is 9.86. The van der Waals surface area contributed by atoms with Crippen LogP contribution in [0.5, 0.6) is 5.75 Å². The van der Waals surface area contributed by atoms with Gasteiger partial charge in [0.25, 0.3) is 5.91 Å². The third-order valence-corrected chi connectivity index (χ3v) is 7.09. The highest BCUT2D eigenvalue weighted by atomic mass is 32.2. The van der Waals surface area contributed by atoms with Crippen molar-refractivity contribution in [3.8, 4) is 5.75 Å². The van der Waals surface area contributed by atoms with Gasteiger partial charge in [-0.3, -0.25) is 4.79 Å². The highest BCUT2D eigenvalue weighted by Gasteiger charge is 2.33. The molecule has 1 saturated carbocycles. The number of aryl methyl sites for hydroxylation is 1. The lowest BCUT2D eigenvalue weighted by Gasteiger charge is -2.32. The average Bonchev–Trinajstić information content (AvgIpc) is 2.73. The maximum absolute atomic E-state index is 13.3. The van der Waals surface area contributed by atoms with Crippen molar-refractivity contribution < 1.29 is 18.3 Å². The van der Waals surface area contributed by atoms with E-state index in [2.05, 4.69) is 10.5 Å². The molecule has 160 valence electrons. The summed E-state index contributed by atoms with van der Waals surface area (Å²) in [6.07, 6.45) is 5.85. The van der Waals surface area contributed by atoms with Crippen LogP contribution in [-0.2, 0) is 14.8 Å². The van der Waals surface area contributed by atoms with Crippen LogP contribution in [0.4, 0.5) is 0 Å². The van der Waals surface area contributed by atoms with Crippen LogP contribution in [0.25, 0.3) is 0 Å². The molecule has 1 fully saturated rings. The molecule has 8 heteroatoms. The van der Waals surface area contributed by atoms with E-state index in [9.17, 15) is 18.3 Å². The number of hydrogen-bond donors (Lipinski definition) is 2. The Kier molecular flexibility index (Phi) is 7.23. The number of rotatable bonds is 7. The molecule has 0 aliphatic heterocycles. The second-order valence-electron chi connectivity index (χ2n) is 7.54. The fourth-order valence-corrected chi connectivity index (χ4v) is 5.23. The Balaban J connectivity index is 1.75. The lowest BCUT2D eigenvalue weighted by Crippen LogP contribution is -2.46. The van der Waals surface area contributed by atoms with Crippen molar-refractivity contribution in [1.29, 1.82) is 0 Å². The molecule has 0 atom stereocenters. The van der Waals surface area contributed by atoms with Crippen LogP contribution >= 0.6 is 0 Å². The molecule has 1 aliphatic rings. The molecular formula is C22H27N3O4S. The zero-order valence-corrected chi connectivity index (χ0v) is 17.8. The number of sulfonamides is 1. The van der Waals surface area contributed by atoms with Gasteiger partial charge in [0, 0.05) is 6.04 Å². The van der Waals surface area contributed by atoms with Gasteiger partial charge in [-0.2, -0.15) is 9.41 Å². The molecule has 0 heterocycles. The predicted octanol–water partition coefficient (Wildman–Crippen LogP) is 3.17. The highest BCUT2D eigenvalue weighted by molar-refractivity contribution is 7.89. The van der Waals surface area contributed by atoms with Crippen molar-refractivity contribution in [3.05, 3.63) is 59.7 Å². The van der Waals surface area contributed by atoms with Crippen molar-refractivity contribution in [2.24, 2.45) is 5.10 Å². The third kappa shape index (κ3) is 5.67. The van der Waals surface area contributed by atoms with Gasteiger partial charge in [0.1, 0.15) is 5.75 Å². The molecule has 0 radical (unpaired) electrons. The van der Waals surface area contributed by atoms with Gasteiger partial charge in [0.2, 0.25) is 10.0 Å². The first-order valence-electron chi connectivity index (χ1n) is 10.1. The molecule has 3 rings (SSSR count). The second-order valence-corrected chi connectivity index (χ2v) is 9.43. The summed E-state index contributed by atoms with van der Waals surface area (Å²) in [5, 5.41) is 13.4. The standard InChI is InChI=1S/C22H27N3O4S/c1-17-10-12-21(13-11-17)30(28,29)25(19-7-3-2-4-8-19)16-22(27)24-23-15-18-6-5-9-20(26)14-18/h5-6,9-15,19,26H,2-4,7-8,16H2,1H3,(H,24,27)/b23-15+. The van der Waals surface area contributed by atoms with E-state index in [1.165, 1.54) is 22.7 Å². The van der Waals surface area contributed by atoms with Crippen LogP contribution in [0.3, 0.4) is 0 Å². The normalized spacial score (nSPS) is 15.5. The van der Waals surface area contributed by atoms with Crippen LogP contribution in [0, 0.1) is 6.92 Å². The van der Waals surface area contributed by atoms with Crippen LogP contribution in [-0.4, -0.2) is 42.5 Å². The van der Waals surface area contributed by atoms with Gasteiger partial charge >= 0.3 is 0 Å². The summed E-state index contributed by atoms with van der Waals surface area (Å²) >= 11 is 0. The number of nitrogens with zero attached hydrogens (tertiary/aromatic N) is 2. The van der Waals surface area contributed by atoms with E-state index in [0.717, 1.165) is 37.7 Å². The van der Waals surface area contributed by atoms with Gasteiger partial charge in [-0.1, -0.05) is 49.1 Å². The first-order valence-corrected chi connectivity index (χ1v) is 11.5. The Bertz CT molecular complexity index is 997. The van der Waals surface area contributed by atoms with Gasteiger partial charge in [0.05, 0.1) is 17.7 Å². The zero-order valence-electron chi connectivity index (χ0n) is 17.0. The molecule has 2 N–H and O–H groups in total. The van der Waals surface area contributed by atoms with Gasteiger partial charge < -0.3 is 5.11 Å². The summed E-state index contributed by atoms with van der Waals surface area (Å²) in [6.45, 7) is 1.60. The van der Waals surface area contributed by atoms with Crippen molar-refractivity contribution in [1.82, 2.24) is 9.73 Å². The summed E-state index contributed by atoms with van der Waals surface area (Å²) in [4.78, 5) is 12.7. The SMILES string of the molecule is Cc1ccc(S(=O)(=O)N(CC(=O)N/N=C/c2cccc(O)c2)C2CCCCC2)cc1. The molecule has 2 aromatic carbocycles. The maximum Gasteiger partial charge on any atom is 0.255 e. The molecule has 0 saturated heterocycles. The van der Waals surface area contributed by atoms with E-state index in [1.807, 2.05) is 6.92 Å². The smallest absolute Gasteiger partial charge is 0.255 e. The summed E-state index contributed by atoms with van der Waals surface area (Å²) in [5.74, 6) is -0.411. The van der Waals surface area contributed by atoms with Crippen LogP contribution in [0.2, 0.25) is 0 Å². The van der Waals surface area contributed by atoms with Crippen LogP contribution < -0.4 is 5.43 Å². The number of carbonyl (C=O) groups excluding carboxylic acids is 1. The summed E-state index contributed by atoms with van der Waals surface area (Å²) in [6, 6.07) is 12.9. The van der Waals surface area contributed by atoms with Crippen molar-refractivity contribution in [3.63, 3.8) is 0 Å². The topological polar surface area (TPSA) is 99.1 Å². The van der Waals surface area contributed by atoms with E-state index in [-0.39, 0.29) is 23.2 Å². The maximum atomic E-state index is 13.3. The lowest BCUT2D eigenvalue weighted by molar-refractivity contribution is -0.121. The van der Waals surface area contributed by atoms with Crippen molar-refractivity contribution >= 4 is 22.1 Å². The highest BCUT2D eigenvalue weighted by Crippen LogP contribution is 2.27. The van der Waals surface area contributed by atoms with E-state index < -0.39 is 15.9 Å². The monoisotopic (exact) mass is 429 g/mol. The molecule has 30 heavy (non-hydrogen) atoms. The minimum atomic E-state index is -3.81. The Morgan fingerprint density at radius 3 is 2.53 bits per heavy atom. The summed E-state index contributed by atoms with van der Waals surface area (Å²) in [7, 11) is -3.81. The van der Waals surface area contributed by atoms with Crippen molar-refractivity contribution in [2.45, 2.75) is 50.0 Å². The molecule has 7 nitrogen and oxygen atoms in total. The fourth-order valence-electron chi connectivity index (χ4n) is 3.59. The molecule has 0 bridgehead atoms. The Morgan fingerprint density at radius 2 is 1.87 bits per heavy atom. The van der Waals surface area contributed by atoms with Crippen molar-refractivity contribution in [2.75, 3.05) is 6.54 Å². The summed E-state index contributed by atoms with van der Waals surface area (Å²) in [5.41, 5.74) is 3.98. The number of phenolic OH excluding ortho intramolecular Hbond substituents is 1. The van der Waals surface area contributed by atoms with Gasteiger partial charge in [-0.15, -0.1) is 0 Å². The number of amides is 1. The third-order valence-electron chi connectivity index (χ3n) is 5.18. The van der Waals surface area contributed by atoms with Gasteiger partial charge in [-0.25, -0.2) is 13.8 Å². The van der Waals surface area contributed by atoms with E-state index in [4.69, 9.17) is 0 Å². The molecule has 1 aliphatic carbocycles. The first-order chi connectivity index (χ1) is 14.4. The molecular weight excluding hydrogens is 402 g/mol. The van der Waals surface area contributed by atoms with E-state index in [0.29, 0.717) is 5.56 Å². The molecule has 0 spiro atoms. The Hall–Kier alpha value is -2.71. The number of aromatic hydroxyl groups is 1. The minimum Gasteiger partial charge on any atom is -0.508 e. The molecule has 1 amide bonds. The Morgan fingerprint density at radius 1 is 1.17 bits per heavy atom. The van der Waals surface area contributed by atoms with Gasteiger partial charge in [-0.05, 0) is 49.6 Å². The van der Waals surface area contributed by atoms with Crippen LogP contribution in [0.1, 0.15) is 43.2 Å². The average molecular weight is 430 g/mol. The lowest BCUT2D eigenvalue weighted by atomic mass is 9.95. The first kappa shape index (κ1) is 22.0. The number of hydrogen-bond acceptors (Lipinski definition) is 5. The number of carbonyl (C=O) groups is 1. The number of benzene rings is 2. The fraction of sp³-hybridized carbons (Fsp3) is 0.364. The molecule has 0 aromatic heterocycles. The van der Waals surface area contributed by atoms with Crippen LogP contribution in [0.15, 0.2) is 58.5 Å². The number of phenols is 1. The quantitative estimate of drug-likeness (QED) is 0.522. The largest absolute Gasteiger partial charge is 0.508 e. The predicted molar refractivity (Wildman–Crippen MR) is 116 cm³/mol. The number of hydrazone groups is 1. The van der Waals surface area contributed by atoms with Gasteiger partial charge in [0.15, 0.2) is 0 Å². The van der Waals surface area contributed by atoms with E-state index >= 15 is 0 Å². The zero-order chi connectivity index (χ0) is 21.6. The van der Waals surface area contributed by atoms with E-state index in [1.54, 1.807) is 36.4 Å². The minimum absolute atomic E-state index is 0.0953.